The van der Waals surface area contributed by atoms with Crippen molar-refractivity contribution in [3.8, 4) is 11.5 Å². The molecule has 0 saturated heterocycles. The first-order valence-corrected chi connectivity index (χ1v) is 8.79. The molecule has 2 aromatic carbocycles. The van der Waals surface area contributed by atoms with E-state index in [0.29, 0.717) is 22.2 Å². The van der Waals surface area contributed by atoms with Crippen LogP contribution < -0.4 is 10.5 Å². The van der Waals surface area contributed by atoms with Gasteiger partial charge in [-0.15, -0.1) is 0 Å². The minimum Gasteiger partial charge on any atom is -0.436 e. The molecule has 142 valence electrons. The van der Waals surface area contributed by atoms with Gasteiger partial charge in [0, 0.05) is 30.2 Å². The van der Waals surface area contributed by atoms with Crippen LogP contribution >= 0.6 is 0 Å². The van der Waals surface area contributed by atoms with Crippen LogP contribution in [0.5, 0.6) is 0 Å². The highest BCUT2D eigenvalue weighted by atomic mass is 16.4. The smallest absolute Gasteiger partial charge is 0.373 e. The number of para-hydroxylation sites is 2. The molecule has 0 radical (unpaired) electrons. The predicted molar refractivity (Wildman–Crippen MR) is 104 cm³/mol. The van der Waals surface area contributed by atoms with Gasteiger partial charge in [-0.3, -0.25) is 0 Å². The van der Waals surface area contributed by atoms with Crippen molar-refractivity contribution in [1.82, 2.24) is 4.98 Å². The van der Waals surface area contributed by atoms with E-state index in [1.54, 1.807) is 6.07 Å². The Bertz CT molecular complexity index is 1170. The molecule has 0 amide bonds. The summed E-state index contributed by atoms with van der Waals surface area (Å²) in [6.45, 7) is 5.99. The first kappa shape index (κ1) is 19.1. The van der Waals surface area contributed by atoms with Crippen LogP contribution in [0.4, 0.5) is 5.69 Å². The monoisotopic (exact) mass is 378 g/mol. The Hall–Kier alpha value is -3.70. The number of hydrogen-bond acceptors (Lipinski definition) is 7. The maximum Gasteiger partial charge on any atom is 0.373 e. The van der Waals surface area contributed by atoms with E-state index >= 15 is 0 Å². The number of rotatable bonds is 4. The Morgan fingerprint density at radius 1 is 0.964 bits per heavy atom. The van der Waals surface area contributed by atoms with Crippen molar-refractivity contribution in [2.45, 2.75) is 13.8 Å². The Morgan fingerprint density at radius 2 is 1.68 bits per heavy atom. The minimum absolute atomic E-state index is 0.250. The largest absolute Gasteiger partial charge is 0.436 e. The number of benzene rings is 2. The number of oxazole rings is 1. The molecule has 0 aliphatic rings. The van der Waals surface area contributed by atoms with Crippen LogP contribution in [0.15, 0.2) is 62.2 Å². The topological polar surface area (TPSA) is 93.6 Å². The number of carbonyl (C=O) groups excluding carboxylic acids is 2. The molecule has 4 aromatic rings. The number of anilines is 1. The van der Waals surface area contributed by atoms with Gasteiger partial charge in [0.05, 0.1) is 0 Å². The molecule has 0 fully saturated rings. The van der Waals surface area contributed by atoms with Crippen LogP contribution in [-0.4, -0.2) is 24.2 Å². The molecule has 0 aliphatic carbocycles. The van der Waals surface area contributed by atoms with Crippen LogP contribution in [0.25, 0.3) is 33.5 Å². The summed E-state index contributed by atoms with van der Waals surface area (Å²) in [6.07, 6.45) is 0.250. The Morgan fingerprint density at radius 3 is 2.36 bits per heavy atom. The van der Waals surface area contributed by atoms with Gasteiger partial charge >= 0.3 is 11.8 Å². The third kappa shape index (κ3) is 3.70. The maximum absolute atomic E-state index is 12.5. The van der Waals surface area contributed by atoms with Gasteiger partial charge in [-0.1, -0.05) is 12.1 Å². The Labute approximate surface area is 160 Å². The molecule has 0 N–H and O–H groups in total. The molecule has 0 spiro atoms. The van der Waals surface area contributed by atoms with Gasteiger partial charge in [0.1, 0.15) is 16.7 Å². The highest BCUT2D eigenvalue weighted by molar-refractivity contribution is 5.84. The quantitative estimate of drug-likeness (QED) is 0.498. The molecule has 0 atom stereocenters. The van der Waals surface area contributed by atoms with Crippen molar-refractivity contribution in [2.75, 3.05) is 18.0 Å². The van der Waals surface area contributed by atoms with E-state index in [2.05, 4.69) is 23.7 Å². The molecule has 7 heteroatoms. The highest BCUT2D eigenvalue weighted by Crippen LogP contribution is 2.26. The number of fused-ring (bicyclic) bond motifs is 2. The van der Waals surface area contributed by atoms with E-state index in [9.17, 15) is 4.79 Å². The highest BCUT2D eigenvalue weighted by Gasteiger charge is 2.15. The lowest BCUT2D eigenvalue weighted by Crippen LogP contribution is -2.21. The van der Waals surface area contributed by atoms with E-state index in [1.165, 1.54) is 0 Å². The lowest BCUT2D eigenvalue weighted by molar-refractivity contribution is -0.191. The fourth-order valence-corrected chi connectivity index (χ4v) is 3.02. The van der Waals surface area contributed by atoms with E-state index in [-0.39, 0.29) is 12.0 Å². The lowest BCUT2D eigenvalue weighted by Gasteiger charge is -2.20. The summed E-state index contributed by atoms with van der Waals surface area (Å²) in [5.74, 6) is 0.282. The second-order valence-corrected chi connectivity index (χ2v) is 5.91. The predicted octanol–water partition coefficient (Wildman–Crippen LogP) is 3.86. The Kier molecular flexibility index (Phi) is 5.67. The van der Waals surface area contributed by atoms with Crippen molar-refractivity contribution in [3.05, 3.63) is 59.0 Å². The molecule has 0 aliphatic heterocycles. The van der Waals surface area contributed by atoms with Crippen LogP contribution in [0.2, 0.25) is 0 Å². The summed E-state index contributed by atoms with van der Waals surface area (Å²) in [6, 6.07) is 15.1. The normalized spacial score (nSPS) is 10.4. The van der Waals surface area contributed by atoms with Crippen molar-refractivity contribution in [3.63, 3.8) is 0 Å². The van der Waals surface area contributed by atoms with Crippen molar-refractivity contribution < 1.29 is 18.4 Å². The first-order valence-electron chi connectivity index (χ1n) is 8.79. The van der Waals surface area contributed by atoms with E-state index < -0.39 is 5.63 Å². The summed E-state index contributed by atoms with van der Waals surface area (Å²) in [5, 5.41) is 0.841. The SMILES string of the molecule is CCN(CC)c1ccc2cc(-c3nc4ccccc4o3)c(=O)oc2c1.O=C=O. The zero-order valence-corrected chi connectivity index (χ0v) is 15.5. The van der Waals surface area contributed by atoms with Crippen molar-refractivity contribution >= 4 is 33.9 Å². The number of hydrogen-bond donors (Lipinski definition) is 0. The second-order valence-electron chi connectivity index (χ2n) is 5.91. The standard InChI is InChI=1S/C20H18N2O3.CO2/c1-3-22(4-2)14-10-9-13-11-15(20(23)25-18(13)12-14)19-21-16-7-5-6-8-17(16)24-19;2-1-3/h5-12H,3-4H2,1-2H3;. The summed E-state index contributed by atoms with van der Waals surface area (Å²) in [7, 11) is 0. The van der Waals surface area contributed by atoms with Gasteiger partial charge in [0.15, 0.2) is 5.58 Å². The number of nitrogens with zero attached hydrogens (tertiary/aromatic N) is 2. The average molecular weight is 378 g/mol. The fraction of sp³-hybridized carbons (Fsp3) is 0.190. The van der Waals surface area contributed by atoms with Crippen LogP contribution in [-0.2, 0) is 9.59 Å². The summed E-state index contributed by atoms with van der Waals surface area (Å²) < 4.78 is 11.2. The third-order valence-electron chi connectivity index (χ3n) is 4.37. The molecule has 2 aromatic heterocycles. The van der Waals surface area contributed by atoms with Crippen molar-refractivity contribution in [1.29, 1.82) is 0 Å². The van der Waals surface area contributed by atoms with E-state index in [1.807, 2.05) is 42.5 Å². The van der Waals surface area contributed by atoms with Gasteiger partial charge in [-0.2, -0.15) is 9.59 Å². The molecule has 28 heavy (non-hydrogen) atoms. The maximum atomic E-state index is 12.5. The van der Waals surface area contributed by atoms with Crippen molar-refractivity contribution in [2.24, 2.45) is 0 Å². The summed E-state index contributed by atoms with van der Waals surface area (Å²) >= 11 is 0. The first-order chi connectivity index (χ1) is 13.6. The minimum atomic E-state index is -0.448. The molecule has 0 saturated carbocycles. The summed E-state index contributed by atoms with van der Waals surface area (Å²) in [5.41, 5.74) is 2.85. The van der Waals surface area contributed by atoms with E-state index in [0.717, 1.165) is 24.2 Å². The third-order valence-corrected chi connectivity index (χ3v) is 4.37. The van der Waals surface area contributed by atoms with Gasteiger partial charge in [0.2, 0.25) is 5.89 Å². The molecule has 0 unspecified atom stereocenters. The average Bonchev–Trinajstić information content (AvgIpc) is 3.13. The van der Waals surface area contributed by atoms with Gasteiger partial charge < -0.3 is 13.7 Å². The zero-order valence-electron chi connectivity index (χ0n) is 15.5. The van der Waals surface area contributed by atoms with Gasteiger partial charge in [-0.25, -0.2) is 9.78 Å². The molecular weight excluding hydrogens is 360 g/mol. The molecule has 7 nitrogen and oxygen atoms in total. The van der Waals surface area contributed by atoms with Crippen LogP contribution in [0.1, 0.15) is 13.8 Å². The molecule has 0 bridgehead atoms. The lowest BCUT2D eigenvalue weighted by atomic mass is 10.1. The molecular formula is C21H18N2O5. The zero-order chi connectivity index (χ0) is 20.1. The molecule has 4 rings (SSSR count). The van der Waals surface area contributed by atoms with Gasteiger partial charge in [-0.05, 0) is 44.2 Å². The number of aromatic nitrogens is 1. The summed E-state index contributed by atoms with van der Waals surface area (Å²) in [4.78, 5) is 35.3. The van der Waals surface area contributed by atoms with Crippen LogP contribution in [0.3, 0.4) is 0 Å². The fourth-order valence-electron chi connectivity index (χ4n) is 3.02. The second kappa shape index (κ2) is 8.33. The van der Waals surface area contributed by atoms with Crippen LogP contribution in [0, 0.1) is 0 Å². The molecule has 2 heterocycles. The van der Waals surface area contributed by atoms with E-state index in [4.69, 9.17) is 18.4 Å². The Balaban J connectivity index is 0.000000706. The van der Waals surface area contributed by atoms with Gasteiger partial charge in [0.25, 0.3) is 0 Å².